The molecule has 134 valence electrons. The van der Waals surface area contributed by atoms with Crippen molar-refractivity contribution in [3.05, 3.63) is 71.1 Å². The third-order valence-corrected chi connectivity index (χ3v) is 4.97. The fraction of sp³-hybridized carbons (Fsp3) is 0.300. The highest BCUT2D eigenvalue weighted by Gasteiger charge is 2.19. The average Bonchev–Trinajstić information content (AvgIpc) is 3.13. The molecule has 0 unspecified atom stereocenters. The number of rotatable bonds is 5. The standard InChI is InChI=1S/C20H21ClN4O/c21-18-9-5-4-8-17(18)20-23-22-19(26-20)15-25-12-10-24(11-13-25)14-16-6-2-1-3-7-16/h1-9H,10-15H2. The highest BCUT2D eigenvalue weighted by molar-refractivity contribution is 6.33. The van der Waals surface area contributed by atoms with E-state index in [9.17, 15) is 0 Å². The molecule has 0 aliphatic carbocycles. The SMILES string of the molecule is Clc1ccccc1-c1nnc(CN2CCN(Cc3ccccc3)CC2)o1. The van der Waals surface area contributed by atoms with Gasteiger partial charge in [0.1, 0.15) is 0 Å². The molecule has 6 heteroatoms. The molecule has 1 aromatic heterocycles. The van der Waals surface area contributed by atoms with Crippen LogP contribution in [0.15, 0.2) is 59.0 Å². The largest absolute Gasteiger partial charge is 0.419 e. The van der Waals surface area contributed by atoms with E-state index in [0.717, 1.165) is 38.3 Å². The van der Waals surface area contributed by atoms with E-state index in [0.29, 0.717) is 23.3 Å². The van der Waals surface area contributed by atoms with Crippen LogP contribution in [0, 0.1) is 0 Å². The Balaban J connectivity index is 1.32. The van der Waals surface area contributed by atoms with Gasteiger partial charge in [-0.2, -0.15) is 0 Å². The predicted octanol–water partition coefficient (Wildman–Crippen LogP) is 3.71. The lowest BCUT2D eigenvalue weighted by molar-refractivity contribution is 0.114. The molecule has 0 N–H and O–H groups in total. The first kappa shape index (κ1) is 17.2. The van der Waals surface area contributed by atoms with Gasteiger partial charge in [-0.1, -0.05) is 54.1 Å². The summed E-state index contributed by atoms with van der Waals surface area (Å²) in [6.45, 7) is 5.76. The van der Waals surface area contributed by atoms with Gasteiger partial charge in [0, 0.05) is 32.7 Å². The van der Waals surface area contributed by atoms with Gasteiger partial charge in [-0.15, -0.1) is 10.2 Å². The van der Waals surface area contributed by atoms with Crippen LogP contribution < -0.4 is 0 Å². The monoisotopic (exact) mass is 368 g/mol. The van der Waals surface area contributed by atoms with Crippen molar-refractivity contribution in [2.75, 3.05) is 26.2 Å². The maximum absolute atomic E-state index is 6.20. The van der Waals surface area contributed by atoms with Crippen LogP contribution in [0.3, 0.4) is 0 Å². The Bertz CT molecular complexity index is 844. The van der Waals surface area contributed by atoms with E-state index in [-0.39, 0.29) is 0 Å². The van der Waals surface area contributed by atoms with Gasteiger partial charge in [-0.05, 0) is 17.7 Å². The molecule has 2 heterocycles. The summed E-state index contributed by atoms with van der Waals surface area (Å²) in [7, 11) is 0. The summed E-state index contributed by atoms with van der Waals surface area (Å²) >= 11 is 6.20. The molecule has 1 aliphatic rings. The summed E-state index contributed by atoms with van der Waals surface area (Å²) in [5, 5.41) is 8.95. The van der Waals surface area contributed by atoms with Gasteiger partial charge in [-0.25, -0.2) is 0 Å². The Morgan fingerprint density at radius 2 is 1.46 bits per heavy atom. The number of hydrogen-bond donors (Lipinski definition) is 0. The fourth-order valence-electron chi connectivity index (χ4n) is 3.20. The molecule has 0 radical (unpaired) electrons. The third kappa shape index (κ3) is 4.12. The van der Waals surface area contributed by atoms with Crippen molar-refractivity contribution in [2.45, 2.75) is 13.1 Å². The summed E-state index contributed by atoms with van der Waals surface area (Å²) in [4.78, 5) is 4.83. The molecule has 0 amide bonds. The fourth-order valence-corrected chi connectivity index (χ4v) is 3.42. The van der Waals surface area contributed by atoms with E-state index in [2.05, 4.69) is 50.3 Å². The Morgan fingerprint density at radius 1 is 0.808 bits per heavy atom. The number of piperazine rings is 1. The molecule has 0 saturated carbocycles. The van der Waals surface area contributed by atoms with Crippen LogP contribution in [0.5, 0.6) is 0 Å². The molecular formula is C20H21ClN4O. The molecule has 0 bridgehead atoms. The number of nitrogens with zero attached hydrogens (tertiary/aromatic N) is 4. The van der Waals surface area contributed by atoms with Gasteiger partial charge in [0.15, 0.2) is 0 Å². The second-order valence-electron chi connectivity index (χ2n) is 6.52. The van der Waals surface area contributed by atoms with Crippen LogP contribution in [0.25, 0.3) is 11.5 Å². The maximum Gasteiger partial charge on any atom is 0.249 e. The molecule has 5 nitrogen and oxygen atoms in total. The van der Waals surface area contributed by atoms with Gasteiger partial charge in [0.2, 0.25) is 11.8 Å². The molecule has 4 rings (SSSR count). The van der Waals surface area contributed by atoms with Crippen LogP contribution in [0.2, 0.25) is 5.02 Å². The predicted molar refractivity (Wildman–Crippen MR) is 102 cm³/mol. The topological polar surface area (TPSA) is 45.4 Å². The van der Waals surface area contributed by atoms with Gasteiger partial charge in [-0.3, -0.25) is 9.80 Å². The Kier molecular flexibility index (Phi) is 5.29. The van der Waals surface area contributed by atoms with Crippen LogP contribution in [-0.2, 0) is 13.1 Å². The lowest BCUT2D eigenvalue weighted by Crippen LogP contribution is -2.45. The summed E-state index contributed by atoms with van der Waals surface area (Å²) in [5.74, 6) is 1.12. The lowest BCUT2D eigenvalue weighted by atomic mass is 10.2. The zero-order valence-electron chi connectivity index (χ0n) is 14.5. The summed E-state index contributed by atoms with van der Waals surface area (Å²) < 4.78 is 5.81. The quantitative estimate of drug-likeness (QED) is 0.687. The average molecular weight is 369 g/mol. The van der Waals surface area contributed by atoms with Crippen LogP contribution >= 0.6 is 11.6 Å². The first-order valence-corrected chi connectivity index (χ1v) is 9.21. The minimum atomic E-state index is 0.480. The number of hydrogen-bond acceptors (Lipinski definition) is 5. The smallest absolute Gasteiger partial charge is 0.249 e. The first-order chi connectivity index (χ1) is 12.8. The molecular weight excluding hydrogens is 348 g/mol. The number of halogens is 1. The van der Waals surface area contributed by atoms with Gasteiger partial charge in [0.25, 0.3) is 0 Å². The van der Waals surface area contributed by atoms with E-state index >= 15 is 0 Å². The first-order valence-electron chi connectivity index (χ1n) is 8.84. The van der Waals surface area contributed by atoms with Crippen molar-refractivity contribution in [3.63, 3.8) is 0 Å². The summed E-state index contributed by atoms with van der Waals surface area (Å²) in [5.41, 5.74) is 2.14. The van der Waals surface area contributed by atoms with Crippen LogP contribution in [0.1, 0.15) is 11.5 Å². The van der Waals surface area contributed by atoms with Gasteiger partial charge >= 0.3 is 0 Å². The van der Waals surface area contributed by atoms with E-state index in [1.807, 2.05) is 24.3 Å². The number of aromatic nitrogens is 2. The summed E-state index contributed by atoms with van der Waals surface area (Å²) in [6.07, 6.45) is 0. The highest BCUT2D eigenvalue weighted by Crippen LogP contribution is 2.26. The van der Waals surface area contributed by atoms with E-state index in [1.165, 1.54) is 5.56 Å². The van der Waals surface area contributed by atoms with E-state index in [1.54, 1.807) is 0 Å². The Labute approximate surface area is 158 Å². The molecule has 0 atom stereocenters. The molecule has 1 saturated heterocycles. The summed E-state index contributed by atoms with van der Waals surface area (Å²) in [6, 6.07) is 18.1. The van der Waals surface area contributed by atoms with Gasteiger partial charge in [0.05, 0.1) is 17.1 Å². The molecule has 0 spiro atoms. The molecule has 1 aliphatic heterocycles. The maximum atomic E-state index is 6.20. The van der Waals surface area contributed by atoms with Crippen LogP contribution in [0.4, 0.5) is 0 Å². The van der Waals surface area contributed by atoms with Crippen molar-refractivity contribution >= 4 is 11.6 Å². The second kappa shape index (κ2) is 7.99. The van der Waals surface area contributed by atoms with Crippen molar-refractivity contribution in [1.82, 2.24) is 20.0 Å². The van der Waals surface area contributed by atoms with Gasteiger partial charge < -0.3 is 4.42 Å². The molecule has 2 aromatic carbocycles. The molecule has 3 aromatic rings. The van der Waals surface area contributed by atoms with Crippen molar-refractivity contribution in [1.29, 1.82) is 0 Å². The zero-order valence-corrected chi connectivity index (χ0v) is 15.3. The van der Waals surface area contributed by atoms with Crippen LogP contribution in [-0.4, -0.2) is 46.2 Å². The molecule has 26 heavy (non-hydrogen) atoms. The van der Waals surface area contributed by atoms with E-state index in [4.69, 9.17) is 16.0 Å². The van der Waals surface area contributed by atoms with Crippen molar-refractivity contribution < 1.29 is 4.42 Å². The highest BCUT2D eigenvalue weighted by atomic mass is 35.5. The van der Waals surface area contributed by atoms with E-state index < -0.39 is 0 Å². The minimum Gasteiger partial charge on any atom is -0.419 e. The third-order valence-electron chi connectivity index (χ3n) is 4.64. The Hall–Kier alpha value is -2.21. The van der Waals surface area contributed by atoms with Crippen molar-refractivity contribution in [3.8, 4) is 11.5 Å². The number of benzene rings is 2. The lowest BCUT2D eigenvalue weighted by Gasteiger charge is -2.33. The molecule has 1 fully saturated rings. The second-order valence-corrected chi connectivity index (χ2v) is 6.93. The minimum absolute atomic E-state index is 0.480. The normalized spacial score (nSPS) is 16.0. The Morgan fingerprint density at radius 3 is 2.19 bits per heavy atom. The zero-order chi connectivity index (χ0) is 17.8. The van der Waals surface area contributed by atoms with Crippen molar-refractivity contribution in [2.24, 2.45) is 0 Å².